The number of likely N-dealkylation sites (tertiary alicyclic amines) is 1. The first-order chi connectivity index (χ1) is 7.81. The molecule has 0 saturated carbocycles. The first kappa shape index (κ1) is 11.0. The van der Waals surface area contributed by atoms with E-state index in [0.717, 1.165) is 26.1 Å². The van der Waals surface area contributed by atoms with Gasteiger partial charge in [0, 0.05) is 13.1 Å². The Morgan fingerprint density at radius 3 is 3.19 bits per heavy atom. The Bertz CT molecular complexity index is 354. The van der Waals surface area contributed by atoms with Crippen molar-refractivity contribution in [3.8, 4) is 0 Å². The molecule has 16 heavy (non-hydrogen) atoms. The highest BCUT2D eigenvalue weighted by Crippen LogP contribution is 2.17. The number of hydrogen-bond donors (Lipinski definition) is 1. The van der Waals surface area contributed by atoms with Crippen LogP contribution in [0.3, 0.4) is 0 Å². The van der Waals surface area contributed by atoms with Crippen LogP contribution in [-0.4, -0.2) is 47.7 Å². The standard InChI is InChI=1S/C11H16N4O/c1-12-6-9-3-5-15(8-9)11(16)10-2-4-13-14-7-10/h2,4,7,9,12H,3,5-6,8H2,1H3. The average Bonchev–Trinajstić information content (AvgIpc) is 2.78. The summed E-state index contributed by atoms with van der Waals surface area (Å²) in [6.45, 7) is 2.65. The molecular weight excluding hydrogens is 204 g/mol. The zero-order valence-corrected chi connectivity index (χ0v) is 9.39. The number of rotatable bonds is 3. The van der Waals surface area contributed by atoms with Gasteiger partial charge in [-0.1, -0.05) is 0 Å². The predicted octanol–water partition coefficient (Wildman–Crippen LogP) is 0.158. The maximum absolute atomic E-state index is 12.0. The van der Waals surface area contributed by atoms with Gasteiger partial charge in [-0.05, 0) is 32.0 Å². The number of hydrogen-bond acceptors (Lipinski definition) is 4. The van der Waals surface area contributed by atoms with Crippen LogP contribution >= 0.6 is 0 Å². The fourth-order valence-corrected chi connectivity index (χ4v) is 2.07. The van der Waals surface area contributed by atoms with E-state index in [4.69, 9.17) is 0 Å². The highest BCUT2D eigenvalue weighted by molar-refractivity contribution is 5.93. The van der Waals surface area contributed by atoms with Crippen molar-refractivity contribution in [3.05, 3.63) is 24.0 Å². The van der Waals surface area contributed by atoms with E-state index in [1.807, 2.05) is 11.9 Å². The summed E-state index contributed by atoms with van der Waals surface area (Å²) in [4.78, 5) is 13.9. The van der Waals surface area contributed by atoms with Crippen LogP contribution in [0.4, 0.5) is 0 Å². The Balaban J connectivity index is 1.97. The van der Waals surface area contributed by atoms with E-state index in [-0.39, 0.29) is 5.91 Å². The van der Waals surface area contributed by atoms with Crippen LogP contribution < -0.4 is 5.32 Å². The predicted molar refractivity (Wildman–Crippen MR) is 60.0 cm³/mol. The molecule has 1 unspecified atom stereocenters. The SMILES string of the molecule is CNCC1CCN(C(=O)c2ccnnc2)C1. The van der Waals surface area contributed by atoms with Gasteiger partial charge in [0.05, 0.1) is 18.0 Å². The summed E-state index contributed by atoms with van der Waals surface area (Å²) in [7, 11) is 1.94. The molecule has 1 amide bonds. The molecule has 5 nitrogen and oxygen atoms in total. The molecule has 0 aliphatic carbocycles. The Kier molecular flexibility index (Phi) is 3.46. The van der Waals surface area contributed by atoms with Gasteiger partial charge >= 0.3 is 0 Å². The lowest BCUT2D eigenvalue weighted by molar-refractivity contribution is 0.0786. The molecule has 0 aromatic carbocycles. The molecule has 5 heteroatoms. The lowest BCUT2D eigenvalue weighted by Gasteiger charge is -2.16. The maximum Gasteiger partial charge on any atom is 0.255 e. The number of amides is 1. The van der Waals surface area contributed by atoms with Gasteiger partial charge in [0.25, 0.3) is 5.91 Å². The van der Waals surface area contributed by atoms with E-state index in [1.54, 1.807) is 12.3 Å². The highest BCUT2D eigenvalue weighted by Gasteiger charge is 2.26. The van der Waals surface area contributed by atoms with E-state index < -0.39 is 0 Å². The van der Waals surface area contributed by atoms with Crippen molar-refractivity contribution in [1.82, 2.24) is 20.4 Å². The van der Waals surface area contributed by atoms with Crippen molar-refractivity contribution in [2.45, 2.75) is 6.42 Å². The van der Waals surface area contributed by atoms with Gasteiger partial charge in [0.1, 0.15) is 0 Å². The minimum absolute atomic E-state index is 0.0634. The average molecular weight is 220 g/mol. The Morgan fingerprint density at radius 1 is 1.62 bits per heavy atom. The normalized spacial score (nSPS) is 20.1. The van der Waals surface area contributed by atoms with Crippen molar-refractivity contribution in [3.63, 3.8) is 0 Å². The summed E-state index contributed by atoms with van der Waals surface area (Å²) in [5, 5.41) is 10.5. The second-order valence-electron chi connectivity index (χ2n) is 4.09. The van der Waals surface area contributed by atoms with E-state index >= 15 is 0 Å². The van der Waals surface area contributed by atoms with Gasteiger partial charge in [-0.3, -0.25) is 4.79 Å². The molecule has 2 heterocycles. The molecule has 1 aromatic rings. The van der Waals surface area contributed by atoms with Crippen LogP contribution in [0.5, 0.6) is 0 Å². The van der Waals surface area contributed by atoms with Crippen molar-refractivity contribution >= 4 is 5.91 Å². The van der Waals surface area contributed by atoms with E-state index in [1.165, 1.54) is 6.20 Å². The molecule has 1 saturated heterocycles. The van der Waals surface area contributed by atoms with Gasteiger partial charge in [-0.25, -0.2) is 0 Å². The molecule has 1 atom stereocenters. The van der Waals surface area contributed by atoms with Gasteiger partial charge in [-0.2, -0.15) is 10.2 Å². The third-order valence-corrected chi connectivity index (χ3v) is 2.90. The van der Waals surface area contributed by atoms with E-state index in [9.17, 15) is 4.79 Å². The van der Waals surface area contributed by atoms with Crippen LogP contribution in [0, 0.1) is 5.92 Å². The van der Waals surface area contributed by atoms with Crippen LogP contribution in [0.1, 0.15) is 16.8 Å². The van der Waals surface area contributed by atoms with Crippen LogP contribution in [0.15, 0.2) is 18.5 Å². The summed E-state index contributed by atoms with van der Waals surface area (Å²) in [6, 6.07) is 1.71. The minimum Gasteiger partial charge on any atom is -0.338 e. The number of nitrogens with zero attached hydrogens (tertiary/aromatic N) is 3. The van der Waals surface area contributed by atoms with Gasteiger partial charge < -0.3 is 10.2 Å². The molecule has 1 fully saturated rings. The summed E-state index contributed by atoms with van der Waals surface area (Å²) >= 11 is 0. The summed E-state index contributed by atoms with van der Waals surface area (Å²) in [5.74, 6) is 0.636. The summed E-state index contributed by atoms with van der Waals surface area (Å²) in [6.07, 6.45) is 4.15. The molecule has 1 N–H and O–H groups in total. The van der Waals surface area contributed by atoms with Crippen LogP contribution in [0.2, 0.25) is 0 Å². The van der Waals surface area contributed by atoms with Crippen molar-refractivity contribution < 1.29 is 4.79 Å². The molecule has 0 spiro atoms. The first-order valence-electron chi connectivity index (χ1n) is 5.52. The fourth-order valence-electron chi connectivity index (χ4n) is 2.07. The minimum atomic E-state index is 0.0634. The number of nitrogens with one attached hydrogen (secondary N) is 1. The van der Waals surface area contributed by atoms with Crippen molar-refractivity contribution in [2.75, 3.05) is 26.7 Å². The second kappa shape index (κ2) is 5.03. The van der Waals surface area contributed by atoms with Crippen molar-refractivity contribution in [2.24, 2.45) is 5.92 Å². The Labute approximate surface area is 94.9 Å². The molecule has 0 radical (unpaired) electrons. The smallest absolute Gasteiger partial charge is 0.255 e. The highest BCUT2D eigenvalue weighted by atomic mass is 16.2. The number of carbonyl (C=O) groups is 1. The van der Waals surface area contributed by atoms with Crippen LogP contribution in [0.25, 0.3) is 0 Å². The quantitative estimate of drug-likeness (QED) is 0.788. The number of aromatic nitrogens is 2. The molecule has 1 aromatic heterocycles. The Morgan fingerprint density at radius 2 is 2.50 bits per heavy atom. The lowest BCUT2D eigenvalue weighted by Crippen LogP contribution is -2.30. The van der Waals surface area contributed by atoms with E-state index in [0.29, 0.717) is 11.5 Å². The van der Waals surface area contributed by atoms with Gasteiger partial charge in [0.15, 0.2) is 0 Å². The van der Waals surface area contributed by atoms with E-state index in [2.05, 4.69) is 15.5 Å². The molecule has 1 aliphatic rings. The second-order valence-corrected chi connectivity index (χ2v) is 4.09. The Hall–Kier alpha value is -1.49. The fraction of sp³-hybridized carbons (Fsp3) is 0.545. The lowest BCUT2D eigenvalue weighted by atomic mass is 10.1. The molecule has 2 rings (SSSR count). The molecule has 86 valence electrons. The topological polar surface area (TPSA) is 58.1 Å². The third-order valence-electron chi connectivity index (χ3n) is 2.90. The molecular formula is C11H16N4O. The zero-order valence-electron chi connectivity index (χ0n) is 9.39. The van der Waals surface area contributed by atoms with Crippen molar-refractivity contribution in [1.29, 1.82) is 0 Å². The summed E-state index contributed by atoms with van der Waals surface area (Å²) < 4.78 is 0. The van der Waals surface area contributed by atoms with Gasteiger partial charge in [0.2, 0.25) is 0 Å². The summed E-state index contributed by atoms with van der Waals surface area (Å²) in [5.41, 5.74) is 0.625. The van der Waals surface area contributed by atoms with Crippen LogP contribution in [-0.2, 0) is 0 Å². The zero-order chi connectivity index (χ0) is 11.4. The first-order valence-corrected chi connectivity index (χ1v) is 5.52. The number of carbonyl (C=O) groups excluding carboxylic acids is 1. The largest absolute Gasteiger partial charge is 0.338 e. The monoisotopic (exact) mass is 220 g/mol. The van der Waals surface area contributed by atoms with Gasteiger partial charge in [-0.15, -0.1) is 0 Å². The molecule has 0 bridgehead atoms. The maximum atomic E-state index is 12.0. The molecule has 1 aliphatic heterocycles. The third kappa shape index (κ3) is 2.36.